The van der Waals surface area contributed by atoms with Crippen LogP contribution in [0.5, 0.6) is 0 Å². The monoisotopic (exact) mass is 308 g/mol. The van der Waals surface area contributed by atoms with E-state index in [0.29, 0.717) is 12.4 Å². The fourth-order valence-electron chi connectivity index (χ4n) is 2.51. The van der Waals surface area contributed by atoms with Gasteiger partial charge in [0, 0.05) is 11.8 Å². The van der Waals surface area contributed by atoms with Crippen molar-refractivity contribution in [2.24, 2.45) is 0 Å². The Balaban J connectivity index is 1.76. The number of furan rings is 1. The van der Waals surface area contributed by atoms with Crippen LogP contribution in [0.4, 0.5) is 17.3 Å². The van der Waals surface area contributed by atoms with E-state index >= 15 is 0 Å². The van der Waals surface area contributed by atoms with E-state index in [1.807, 2.05) is 25.1 Å². The first-order valence-corrected chi connectivity index (χ1v) is 7.56. The molecule has 0 atom stereocenters. The molecule has 2 heterocycles. The predicted molar refractivity (Wildman–Crippen MR) is 92.0 cm³/mol. The molecule has 0 aliphatic rings. The lowest BCUT2D eigenvalue weighted by Crippen LogP contribution is -2.04. The average Bonchev–Trinajstić information content (AvgIpc) is 2.96. The minimum Gasteiger partial charge on any atom is -0.467 e. The van der Waals surface area contributed by atoms with Crippen LogP contribution in [0.1, 0.15) is 22.7 Å². The normalized spacial score (nSPS) is 10.6. The number of aryl methyl sites for hydroxylation is 3. The fourth-order valence-corrected chi connectivity index (χ4v) is 2.51. The molecule has 23 heavy (non-hydrogen) atoms. The molecule has 0 unspecified atom stereocenters. The molecule has 2 aromatic heterocycles. The summed E-state index contributed by atoms with van der Waals surface area (Å²) in [7, 11) is 0. The third-order valence-corrected chi connectivity index (χ3v) is 3.36. The van der Waals surface area contributed by atoms with Gasteiger partial charge in [0.15, 0.2) is 0 Å². The molecule has 3 aromatic rings. The number of benzene rings is 1. The molecule has 5 nitrogen and oxygen atoms in total. The Bertz CT molecular complexity index is 777. The molecule has 0 amide bonds. The van der Waals surface area contributed by atoms with Crippen LogP contribution in [0.15, 0.2) is 47.1 Å². The molecule has 0 spiro atoms. The molecule has 1 aromatic carbocycles. The lowest BCUT2D eigenvalue weighted by Gasteiger charge is -2.11. The largest absolute Gasteiger partial charge is 0.467 e. The number of hydrogen-bond donors (Lipinski definition) is 2. The maximum Gasteiger partial charge on any atom is 0.136 e. The van der Waals surface area contributed by atoms with E-state index in [-0.39, 0.29) is 0 Å². The van der Waals surface area contributed by atoms with Crippen molar-refractivity contribution in [2.75, 3.05) is 10.6 Å². The average molecular weight is 308 g/mol. The molecular formula is C18H20N4O. The first-order chi connectivity index (χ1) is 11.1. The van der Waals surface area contributed by atoms with Crippen LogP contribution in [-0.2, 0) is 6.54 Å². The molecule has 0 saturated heterocycles. The van der Waals surface area contributed by atoms with Gasteiger partial charge in [0.05, 0.1) is 12.8 Å². The Morgan fingerprint density at radius 2 is 1.70 bits per heavy atom. The summed E-state index contributed by atoms with van der Waals surface area (Å²) in [6.45, 7) is 6.64. The van der Waals surface area contributed by atoms with Crippen LogP contribution >= 0.6 is 0 Å². The molecule has 0 saturated carbocycles. The Kier molecular flexibility index (Phi) is 4.28. The highest BCUT2D eigenvalue weighted by Gasteiger charge is 2.04. The molecule has 5 heteroatoms. The van der Waals surface area contributed by atoms with E-state index in [0.717, 1.165) is 23.1 Å². The van der Waals surface area contributed by atoms with Crippen LogP contribution in [0.2, 0.25) is 0 Å². The van der Waals surface area contributed by atoms with E-state index in [4.69, 9.17) is 4.42 Å². The van der Waals surface area contributed by atoms with Gasteiger partial charge in [0.1, 0.15) is 23.2 Å². The molecule has 3 rings (SSSR count). The quantitative estimate of drug-likeness (QED) is 0.733. The van der Waals surface area contributed by atoms with Crippen LogP contribution in [0.3, 0.4) is 0 Å². The Labute approximate surface area is 135 Å². The zero-order valence-corrected chi connectivity index (χ0v) is 13.6. The fraction of sp³-hybridized carbons (Fsp3) is 0.222. The van der Waals surface area contributed by atoms with Gasteiger partial charge < -0.3 is 15.1 Å². The molecular weight excluding hydrogens is 288 g/mol. The summed E-state index contributed by atoms with van der Waals surface area (Å²) < 4.78 is 5.32. The number of aromatic nitrogens is 2. The first kappa shape index (κ1) is 15.1. The van der Waals surface area contributed by atoms with Gasteiger partial charge in [-0.25, -0.2) is 9.97 Å². The summed E-state index contributed by atoms with van der Waals surface area (Å²) in [5.74, 6) is 3.11. The third kappa shape index (κ3) is 4.10. The van der Waals surface area contributed by atoms with Crippen molar-refractivity contribution in [1.29, 1.82) is 0 Å². The SMILES string of the molecule is Cc1cc(C)cc(Nc2cc(NCc3ccco3)nc(C)n2)c1. The van der Waals surface area contributed by atoms with Gasteiger partial charge in [0.2, 0.25) is 0 Å². The minimum atomic E-state index is 0.590. The predicted octanol–water partition coefficient (Wildman–Crippen LogP) is 4.35. The van der Waals surface area contributed by atoms with Crippen molar-refractivity contribution in [3.63, 3.8) is 0 Å². The first-order valence-electron chi connectivity index (χ1n) is 7.56. The number of nitrogens with zero attached hydrogens (tertiary/aromatic N) is 2. The summed E-state index contributed by atoms with van der Waals surface area (Å²) >= 11 is 0. The molecule has 0 bridgehead atoms. The van der Waals surface area contributed by atoms with Crippen molar-refractivity contribution < 1.29 is 4.42 Å². The number of anilines is 3. The summed E-state index contributed by atoms with van der Waals surface area (Å²) in [5, 5.41) is 6.60. The third-order valence-electron chi connectivity index (χ3n) is 3.36. The van der Waals surface area contributed by atoms with E-state index < -0.39 is 0 Å². The van der Waals surface area contributed by atoms with Crippen LogP contribution in [0.25, 0.3) is 0 Å². The molecule has 0 aliphatic carbocycles. The van der Waals surface area contributed by atoms with Crippen molar-refractivity contribution in [2.45, 2.75) is 27.3 Å². The highest BCUT2D eigenvalue weighted by Crippen LogP contribution is 2.20. The van der Waals surface area contributed by atoms with Gasteiger partial charge in [-0.15, -0.1) is 0 Å². The standard InChI is InChI=1S/C18H20N4O/c1-12-7-13(2)9-15(8-12)22-18-10-17(20-14(3)21-18)19-11-16-5-4-6-23-16/h4-10H,11H2,1-3H3,(H2,19,20,21,22). The Hall–Kier alpha value is -2.82. The van der Waals surface area contributed by atoms with Gasteiger partial charge in [-0.3, -0.25) is 0 Å². The van der Waals surface area contributed by atoms with Crippen molar-refractivity contribution in [3.8, 4) is 0 Å². The number of hydrogen-bond acceptors (Lipinski definition) is 5. The highest BCUT2D eigenvalue weighted by atomic mass is 16.3. The van der Waals surface area contributed by atoms with E-state index in [2.05, 4.69) is 52.6 Å². The highest BCUT2D eigenvalue weighted by molar-refractivity contribution is 5.60. The summed E-state index contributed by atoms with van der Waals surface area (Å²) in [6, 6.07) is 12.0. The molecule has 0 aliphatic heterocycles. The van der Waals surface area contributed by atoms with Gasteiger partial charge in [-0.1, -0.05) is 6.07 Å². The second-order valence-electron chi connectivity index (χ2n) is 5.62. The number of nitrogens with one attached hydrogen (secondary N) is 2. The second-order valence-corrected chi connectivity index (χ2v) is 5.62. The van der Waals surface area contributed by atoms with Crippen molar-refractivity contribution in [3.05, 3.63) is 65.4 Å². The van der Waals surface area contributed by atoms with E-state index in [1.165, 1.54) is 11.1 Å². The van der Waals surface area contributed by atoms with Crippen LogP contribution in [-0.4, -0.2) is 9.97 Å². The minimum absolute atomic E-state index is 0.590. The zero-order valence-electron chi connectivity index (χ0n) is 13.6. The molecule has 0 fully saturated rings. The smallest absolute Gasteiger partial charge is 0.136 e. The van der Waals surface area contributed by atoms with E-state index in [9.17, 15) is 0 Å². The van der Waals surface area contributed by atoms with Crippen LogP contribution < -0.4 is 10.6 Å². The van der Waals surface area contributed by atoms with E-state index in [1.54, 1.807) is 6.26 Å². The van der Waals surface area contributed by atoms with Gasteiger partial charge in [-0.05, 0) is 56.2 Å². The lowest BCUT2D eigenvalue weighted by atomic mass is 10.1. The van der Waals surface area contributed by atoms with Crippen molar-refractivity contribution >= 4 is 17.3 Å². The maximum absolute atomic E-state index is 5.32. The topological polar surface area (TPSA) is 63.0 Å². The molecule has 118 valence electrons. The van der Waals surface area contributed by atoms with Gasteiger partial charge >= 0.3 is 0 Å². The number of rotatable bonds is 5. The Morgan fingerprint density at radius 3 is 2.39 bits per heavy atom. The summed E-state index contributed by atoms with van der Waals surface area (Å²) in [4.78, 5) is 8.85. The van der Waals surface area contributed by atoms with Crippen molar-refractivity contribution in [1.82, 2.24) is 9.97 Å². The maximum atomic E-state index is 5.32. The summed E-state index contributed by atoms with van der Waals surface area (Å²) in [5.41, 5.74) is 3.46. The Morgan fingerprint density at radius 1 is 0.957 bits per heavy atom. The second kappa shape index (κ2) is 6.52. The lowest BCUT2D eigenvalue weighted by molar-refractivity contribution is 0.518. The molecule has 0 radical (unpaired) electrons. The molecule has 2 N–H and O–H groups in total. The summed E-state index contributed by atoms with van der Waals surface area (Å²) in [6.07, 6.45) is 1.66. The van der Waals surface area contributed by atoms with Gasteiger partial charge in [0.25, 0.3) is 0 Å². The van der Waals surface area contributed by atoms with Crippen LogP contribution in [0, 0.1) is 20.8 Å². The van der Waals surface area contributed by atoms with Gasteiger partial charge in [-0.2, -0.15) is 0 Å². The zero-order chi connectivity index (χ0) is 16.2.